The Morgan fingerprint density at radius 3 is 2.31 bits per heavy atom. The highest BCUT2D eigenvalue weighted by atomic mass is 16.7. The molecule has 4 unspecified atom stereocenters. The first-order valence-electron chi connectivity index (χ1n) is 12.3. The first-order valence-corrected chi connectivity index (χ1v) is 12.3. The Morgan fingerprint density at radius 2 is 1.67 bits per heavy atom. The zero-order valence-corrected chi connectivity index (χ0v) is 22.2. The summed E-state index contributed by atoms with van der Waals surface area (Å²) in [5.41, 5.74) is -0.694. The van der Waals surface area contributed by atoms with Gasteiger partial charge in [0.15, 0.2) is 29.1 Å². The SMILES string of the molecule is COc1cc2c(c(O)c1OC)-c1c(cc3c(c1OC)OCO3)C(O)C(C)C(C)(O)C2OC(=O)c1ccccc1. The smallest absolute Gasteiger partial charge is 0.338 e. The number of methoxy groups -OCH3 is 3. The number of carbonyl (C=O) groups excluding carboxylic acids is 1. The van der Waals surface area contributed by atoms with Crippen LogP contribution in [0.1, 0.15) is 47.5 Å². The maximum atomic E-state index is 13.3. The zero-order chi connectivity index (χ0) is 28.1. The van der Waals surface area contributed by atoms with Gasteiger partial charge in [-0.25, -0.2) is 4.79 Å². The van der Waals surface area contributed by atoms with Crippen molar-refractivity contribution in [1.29, 1.82) is 0 Å². The predicted octanol–water partition coefficient (Wildman–Crippen LogP) is 4.15. The summed E-state index contributed by atoms with van der Waals surface area (Å²) in [6, 6.07) is 11.4. The van der Waals surface area contributed by atoms with Crippen LogP contribution in [0.4, 0.5) is 0 Å². The maximum absolute atomic E-state index is 13.3. The van der Waals surface area contributed by atoms with E-state index >= 15 is 0 Å². The molecule has 0 spiro atoms. The van der Waals surface area contributed by atoms with E-state index in [1.165, 1.54) is 34.3 Å². The van der Waals surface area contributed by atoms with E-state index in [9.17, 15) is 20.1 Å². The van der Waals surface area contributed by atoms with Gasteiger partial charge in [-0.2, -0.15) is 0 Å². The fourth-order valence-corrected chi connectivity index (χ4v) is 5.26. The minimum Gasteiger partial charge on any atom is -0.504 e. The predicted molar refractivity (Wildman–Crippen MR) is 139 cm³/mol. The quantitative estimate of drug-likeness (QED) is 0.407. The second-order valence-electron chi connectivity index (χ2n) is 9.64. The Labute approximate surface area is 225 Å². The van der Waals surface area contributed by atoms with E-state index < -0.39 is 29.7 Å². The molecule has 2 aliphatic rings. The van der Waals surface area contributed by atoms with Crippen molar-refractivity contribution in [2.45, 2.75) is 31.7 Å². The summed E-state index contributed by atoms with van der Waals surface area (Å²) in [6.07, 6.45) is -2.68. The average molecular weight is 539 g/mol. The largest absolute Gasteiger partial charge is 0.504 e. The van der Waals surface area contributed by atoms with E-state index in [0.717, 1.165) is 0 Å². The van der Waals surface area contributed by atoms with Gasteiger partial charge in [0.1, 0.15) is 5.60 Å². The highest BCUT2D eigenvalue weighted by Gasteiger charge is 2.50. The minimum atomic E-state index is -1.84. The first-order chi connectivity index (χ1) is 18.6. The van der Waals surface area contributed by atoms with E-state index in [-0.39, 0.29) is 57.8 Å². The number of esters is 1. The molecule has 1 aliphatic carbocycles. The number of rotatable bonds is 5. The second-order valence-corrected chi connectivity index (χ2v) is 9.64. The Bertz CT molecular complexity index is 1420. The molecule has 3 N–H and O–H groups in total. The van der Waals surface area contributed by atoms with Gasteiger partial charge in [-0.15, -0.1) is 0 Å². The number of fused-ring (bicyclic) bond motifs is 4. The summed E-state index contributed by atoms with van der Waals surface area (Å²) in [5, 5.41) is 35.2. The molecule has 10 nitrogen and oxygen atoms in total. The third kappa shape index (κ3) is 4.07. The summed E-state index contributed by atoms with van der Waals surface area (Å²) >= 11 is 0. The van der Waals surface area contributed by atoms with Gasteiger partial charge < -0.3 is 43.7 Å². The van der Waals surface area contributed by atoms with Crippen LogP contribution >= 0.6 is 0 Å². The van der Waals surface area contributed by atoms with Crippen molar-refractivity contribution >= 4 is 5.97 Å². The molecule has 0 aromatic heterocycles. The molecule has 3 aromatic rings. The van der Waals surface area contributed by atoms with Crippen molar-refractivity contribution in [3.63, 3.8) is 0 Å². The molecule has 0 saturated carbocycles. The lowest BCUT2D eigenvalue weighted by Crippen LogP contribution is -2.45. The van der Waals surface area contributed by atoms with Gasteiger partial charge in [0.2, 0.25) is 18.3 Å². The second kappa shape index (κ2) is 9.87. The molecular formula is C29H30O10. The van der Waals surface area contributed by atoms with Gasteiger partial charge in [0.25, 0.3) is 0 Å². The summed E-state index contributed by atoms with van der Waals surface area (Å²) < 4.78 is 33.9. The van der Waals surface area contributed by atoms with Crippen LogP contribution in [0.25, 0.3) is 11.1 Å². The number of hydrogen-bond donors (Lipinski definition) is 3. The van der Waals surface area contributed by atoms with Crippen LogP contribution in [-0.4, -0.2) is 55.0 Å². The summed E-state index contributed by atoms with van der Waals surface area (Å²) in [6.45, 7) is 3.04. The highest BCUT2D eigenvalue weighted by molar-refractivity contribution is 5.91. The van der Waals surface area contributed by atoms with Gasteiger partial charge in [0, 0.05) is 22.6 Å². The van der Waals surface area contributed by atoms with Crippen molar-refractivity contribution in [2.75, 3.05) is 28.1 Å². The Balaban J connectivity index is 1.87. The lowest BCUT2D eigenvalue weighted by molar-refractivity contribution is -0.133. The van der Waals surface area contributed by atoms with E-state index in [1.54, 1.807) is 43.3 Å². The van der Waals surface area contributed by atoms with E-state index in [0.29, 0.717) is 11.3 Å². The van der Waals surface area contributed by atoms with Gasteiger partial charge in [-0.1, -0.05) is 25.1 Å². The topological polar surface area (TPSA) is 133 Å². The minimum absolute atomic E-state index is 0.00203. The number of benzene rings is 3. The Morgan fingerprint density at radius 1 is 0.974 bits per heavy atom. The molecule has 0 bridgehead atoms. The molecule has 0 fully saturated rings. The van der Waals surface area contributed by atoms with Crippen molar-refractivity contribution in [1.82, 2.24) is 0 Å². The van der Waals surface area contributed by atoms with Crippen LogP contribution in [0.15, 0.2) is 42.5 Å². The average Bonchev–Trinajstić information content (AvgIpc) is 3.42. The lowest BCUT2D eigenvalue weighted by Gasteiger charge is -2.42. The number of aromatic hydroxyl groups is 1. The lowest BCUT2D eigenvalue weighted by atomic mass is 9.71. The fraction of sp³-hybridized carbons (Fsp3) is 0.345. The van der Waals surface area contributed by atoms with Crippen LogP contribution in [-0.2, 0) is 4.74 Å². The molecule has 0 amide bonds. The number of phenols is 1. The van der Waals surface area contributed by atoms with Gasteiger partial charge in [0.05, 0.1) is 33.0 Å². The fourth-order valence-electron chi connectivity index (χ4n) is 5.26. The number of phenolic OH excluding ortho intramolecular Hbond substituents is 1. The van der Waals surface area contributed by atoms with Crippen molar-refractivity contribution in [2.24, 2.45) is 5.92 Å². The molecule has 0 radical (unpaired) electrons. The molecular weight excluding hydrogens is 508 g/mol. The molecule has 4 atom stereocenters. The first kappa shape index (κ1) is 26.5. The van der Waals surface area contributed by atoms with Gasteiger partial charge in [-0.05, 0) is 36.8 Å². The number of aliphatic hydroxyl groups excluding tert-OH is 1. The molecule has 1 heterocycles. The third-order valence-electron chi connectivity index (χ3n) is 7.54. The molecule has 1 aliphatic heterocycles. The number of ether oxygens (including phenoxy) is 6. The summed E-state index contributed by atoms with van der Waals surface area (Å²) in [7, 11) is 4.19. The monoisotopic (exact) mass is 538 g/mol. The molecule has 10 heteroatoms. The number of hydrogen-bond acceptors (Lipinski definition) is 10. The Kier molecular flexibility index (Phi) is 6.69. The van der Waals surface area contributed by atoms with E-state index in [1.807, 2.05) is 0 Å². The zero-order valence-electron chi connectivity index (χ0n) is 22.2. The molecule has 206 valence electrons. The van der Waals surface area contributed by atoms with Crippen LogP contribution < -0.4 is 23.7 Å². The number of carbonyl (C=O) groups is 1. The van der Waals surface area contributed by atoms with Gasteiger partial charge >= 0.3 is 5.97 Å². The highest BCUT2D eigenvalue weighted by Crippen LogP contribution is 2.60. The van der Waals surface area contributed by atoms with Crippen LogP contribution in [0, 0.1) is 5.92 Å². The summed E-state index contributed by atoms with van der Waals surface area (Å²) in [5.74, 6) is -1.03. The summed E-state index contributed by atoms with van der Waals surface area (Å²) in [4.78, 5) is 13.3. The van der Waals surface area contributed by atoms with Crippen LogP contribution in [0.2, 0.25) is 0 Å². The van der Waals surface area contributed by atoms with Crippen LogP contribution in [0.5, 0.6) is 34.5 Å². The van der Waals surface area contributed by atoms with Crippen molar-refractivity contribution in [3.8, 4) is 45.6 Å². The molecule has 39 heavy (non-hydrogen) atoms. The standard InChI is InChI=1S/C29H30O10/c1-14-22(30)16-11-19-25(38-13-37-19)26(36-5)21(16)20-17(12-18(34-3)24(35-4)23(20)31)27(29(14,2)33)39-28(32)15-9-7-6-8-10-15/h6-12,14,22,27,30-31,33H,13H2,1-5H3. The van der Waals surface area contributed by atoms with Crippen molar-refractivity contribution < 1.29 is 48.5 Å². The maximum Gasteiger partial charge on any atom is 0.338 e. The molecule has 3 aromatic carbocycles. The van der Waals surface area contributed by atoms with E-state index in [4.69, 9.17) is 28.4 Å². The van der Waals surface area contributed by atoms with E-state index in [2.05, 4.69) is 0 Å². The third-order valence-corrected chi connectivity index (χ3v) is 7.54. The Hall–Kier alpha value is -4.15. The number of aliphatic hydroxyl groups is 2. The van der Waals surface area contributed by atoms with Crippen molar-refractivity contribution in [3.05, 3.63) is 59.2 Å². The normalized spacial score (nSPS) is 23.1. The van der Waals surface area contributed by atoms with Crippen LogP contribution in [0.3, 0.4) is 0 Å². The van der Waals surface area contributed by atoms with Gasteiger partial charge in [-0.3, -0.25) is 0 Å². The molecule has 0 saturated heterocycles. The molecule has 5 rings (SSSR count).